The van der Waals surface area contributed by atoms with Gasteiger partial charge in [-0.15, -0.1) is 0 Å². The van der Waals surface area contributed by atoms with Crippen LogP contribution in [0.25, 0.3) is 0 Å². The zero-order valence-corrected chi connectivity index (χ0v) is 16.1. The van der Waals surface area contributed by atoms with Crippen LogP contribution >= 0.6 is 0 Å². The maximum atomic E-state index is 12.9. The summed E-state index contributed by atoms with van der Waals surface area (Å²) in [6, 6.07) is 19.2. The van der Waals surface area contributed by atoms with Crippen LogP contribution in [-0.4, -0.2) is 33.9 Å². The zero-order chi connectivity index (χ0) is 19.8. The van der Waals surface area contributed by atoms with Gasteiger partial charge in [-0.3, -0.25) is 4.79 Å². The van der Waals surface area contributed by atoms with Gasteiger partial charge in [-0.1, -0.05) is 42.5 Å². The van der Waals surface area contributed by atoms with Crippen LogP contribution in [0.1, 0.15) is 29.9 Å². The lowest BCUT2D eigenvalue weighted by Crippen LogP contribution is -2.31. The molecule has 0 aliphatic rings. The Morgan fingerprint density at radius 3 is 2.54 bits per heavy atom. The fourth-order valence-corrected chi connectivity index (χ4v) is 2.82. The lowest BCUT2D eigenvalue weighted by Gasteiger charge is -2.20. The van der Waals surface area contributed by atoms with Crippen LogP contribution in [0.4, 0.5) is 11.5 Å². The first-order valence-corrected chi connectivity index (χ1v) is 9.35. The van der Waals surface area contributed by atoms with E-state index in [1.807, 2.05) is 68.4 Å². The molecule has 3 aromatic rings. The SMILES string of the molecule is CCOc1ccccc1Nc1cc(C(=O)N(CC)Cc2ccccc2)ncn1. The number of nitrogens with zero attached hydrogens (tertiary/aromatic N) is 3. The van der Waals surface area contributed by atoms with E-state index in [2.05, 4.69) is 15.3 Å². The Bertz CT molecular complexity index is 915. The molecule has 0 aliphatic carbocycles. The summed E-state index contributed by atoms with van der Waals surface area (Å²) in [4.78, 5) is 23.1. The van der Waals surface area contributed by atoms with Crippen molar-refractivity contribution < 1.29 is 9.53 Å². The van der Waals surface area contributed by atoms with Crippen molar-refractivity contribution >= 4 is 17.4 Å². The molecule has 28 heavy (non-hydrogen) atoms. The fraction of sp³-hybridized carbons (Fsp3) is 0.227. The quantitative estimate of drug-likeness (QED) is 0.635. The molecule has 6 nitrogen and oxygen atoms in total. The van der Waals surface area contributed by atoms with Gasteiger partial charge in [-0.05, 0) is 31.5 Å². The molecule has 3 rings (SSSR count). The van der Waals surface area contributed by atoms with Crippen LogP contribution in [0, 0.1) is 0 Å². The highest BCUT2D eigenvalue weighted by Gasteiger charge is 2.17. The van der Waals surface area contributed by atoms with Gasteiger partial charge in [0.25, 0.3) is 5.91 Å². The molecule has 1 heterocycles. The van der Waals surface area contributed by atoms with E-state index in [-0.39, 0.29) is 5.91 Å². The van der Waals surface area contributed by atoms with E-state index >= 15 is 0 Å². The second-order valence-corrected chi connectivity index (χ2v) is 6.15. The molecule has 0 aliphatic heterocycles. The maximum Gasteiger partial charge on any atom is 0.272 e. The van der Waals surface area contributed by atoms with E-state index in [1.54, 1.807) is 11.0 Å². The molecule has 0 saturated heterocycles. The zero-order valence-electron chi connectivity index (χ0n) is 16.1. The summed E-state index contributed by atoms with van der Waals surface area (Å²) in [6.45, 7) is 5.59. The topological polar surface area (TPSA) is 67.3 Å². The number of carbonyl (C=O) groups is 1. The Morgan fingerprint density at radius 1 is 1.04 bits per heavy atom. The first kappa shape index (κ1) is 19.4. The molecule has 0 saturated carbocycles. The molecule has 0 unspecified atom stereocenters. The Kier molecular flexibility index (Phi) is 6.57. The molecule has 1 N–H and O–H groups in total. The number of amides is 1. The van der Waals surface area contributed by atoms with Crippen molar-refractivity contribution in [1.29, 1.82) is 0 Å². The van der Waals surface area contributed by atoms with Crippen LogP contribution in [0.2, 0.25) is 0 Å². The van der Waals surface area contributed by atoms with Gasteiger partial charge in [0, 0.05) is 19.2 Å². The predicted molar refractivity (Wildman–Crippen MR) is 110 cm³/mol. The van der Waals surface area contributed by atoms with Gasteiger partial charge < -0.3 is 15.0 Å². The summed E-state index contributed by atoms with van der Waals surface area (Å²) < 4.78 is 5.63. The van der Waals surface area contributed by atoms with Crippen molar-refractivity contribution in [2.45, 2.75) is 20.4 Å². The highest BCUT2D eigenvalue weighted by atomic mass is 16.5. The Labute approximate surface area is 165 Å². The molecule has 0 bridgehead atoms. The van der Waals surface area contributed by atoms with Crippen molar-refractivity contribution in [3.05, 3.63) is 78.2 Å². The Balaban J connectivity index is 1.77. The van der Waals surface area contributed by atoms with E-state index in [9.17, 15) is 4.79 Å². The third-order valence-corrected chi connectivity index (χ3v) is 4.22. The minimum absolute atomic E-state index is 0.130. The van der Waals surface area contributed by atoms with Gasteiger partial charge in [0.2, 0.25) is 0 Å². The highest BCUT2D eigenvalue weighted by Crippen LogP contribution is 2.26. The van der Waals surface area contributed by atoms with E-state index in [0.29, 0.717) is 31.2 Å². The Morgan fingerprint density at radius 2 is 1.79 bits per heavy atom. The molecule has 0 atom stereocenters. The molecule has 0 radical (unpaired) electrons. The van der Waals surface area contributed by atoms with Crippen molar-refractivity contribution in [2.75, 3.05) is 18.5 Å². The first-order chi connectivity index (χ1) is 13.7. The molecule has 1 amide bonds. The average molecular weight is 376 g/mol. The monoisotopic (exact) mass is 376 g/mol. The van der Waals surface area contributed by atoms with E-state index in [0.717, 1.165) is 17.0 Å². The summed E-state index contributed by atoms with van der Waals surface area (Å²) in [5, 5.41) is 3.21. The molecule has 6 heteroatoms. The summed E-state index contributed by atoms with van der Waals surface area (Å²) in [7, 11) is 0. The van der Waals surface area contributed by atoms with Gasteiger partial charge in [0.1, 0.15) is 23.6 Å². The van der Waals surface area contributed by atoms with E-state index in [1.165, 1.54) is 6.33 Å². The lowest BCUT2D eigenvalue weighted by atomic mass is 10.2. The van der Waals surface area contributed by atoms with Gasteiger partial charge in [-0.25, -0.2) is 9.97 Å². The van der Waals surface area contributed by atoms with Crippen LogP contribution in [0.5, 0.6) is 5.75 Å². The highest BCUT2D eigenvalue weighted by molar-refractivity contribution is 5.93. The summed E-state index contributed by atoms with van der Waals surface area (Å²) in [5.41, 5.74) is 2.22. The van der Waals surface area contributed by atoms with Crippen LogP contribution in [0.15, 0.2) is 67.0 Å². The third kappa shape index (κ3) is 4.85. The summed E-state index contributed by atoms with van der Waals surface area (Å²) in [6.07, 6.45) is 1.40. The minimum atomic E-state index is -0.130. The maximum absolute atomic E-state index is 12.9. The van der Waals surface area contributed by atoms with Crippen LogP contribution in [-0.2, 0) is 6.54 Å². The summed E-state index contributed by atoms with van der Waals surface area (Å²) in [5.74, 6) is 1.15. The molecule has 0 spiro atoms. The van der Waals surface area contributed by atoms with Crippen molar-refractivity contribution in [2.24, 2.45) is 0 Å². The third-order valence-electron chi connectivity index (χ3n) is 4.22. The molecule has 144 valence electrons. The first-order valence-electron chi connectivity index (χ1n) is 9.35. The molecule has 0 fully saturated rings. The Hall–Kier alpha value is -3.41. The van der Waals surface area contributed by atoms with Crippen molar-refractivity contribution in [3.8, 4) is 5.75 Å². The van der Waals surface area contributed by atoms with Gasteiger partial charge in [0.05, 0.1) is 12.3 Å². The largest absolute Gasteiger partial charge is 0.492 e. The van der Waals surface area contributed by atoms with E-state index < -0.39 is 0 Å². The number of aromatic nitrogens is 2. The van der Waals surface area contributed by atoms with Crippen LogP contribution < -0.4 is 10.1 Å². The number of rotatable bonds is 8. The number of hydrogen-bond donors (Lipinski definition) is 1. The number of para-hydroxylation sites is 2. The minimum Gasteiger partial charge on any atom is -0.492 e. The van der Waals surface area contributed by atoms with Gasteiger partial charge >= 0.3 is 0 Å². The number of nitrogens with one attached hydrogen (secondary N) is 1. The molecular formula is C22H24N4O2. The number of carbonyl (C=O) groups excluding carboxylic acids is 1. The van der Waals surface area contributed by atoms with Crippen molar-refractivity contribution in [3.63, 3.8) is 0 Å². The number of hydrogen-bond acceptors (Lipinski definition) is 5. The number of ether oxygens (including phenoxy) is 1. The summed E-state index contributed by atoms with van der Waals surface area (Å²) >= 11 is 0. The average Bonchev–Trinajstić information content (AvgIpc) is 2.74. The smallest absolute Gasteiger partial charge is 0.272 e. The second-order valence-electron chi connectivity index (χ2n) is 6.15. The predicted octanol–water partition coefficient (Wildman–Crippen LogP) is 4.28. The van der Waals surface area contributed by atoms with Crippen molar-refractivity contribution in [1.82, 2.24) is 14.9 Å². The van der Waals surface area contributed by atoms with Crippen LogP contribution in [0.3, 0.4) is 0 Å². The van der Waals surface area contributed by atoms with Gasteiger partial charge in [-0.2, -0.15) is 0 Å². The normalized spacial score (nSPS) is 10.4. The molecular weight excluding hydrogens is 352 g/mol. The molecule has 2 aromatic carbocycles. The number of benzene rings is 2. The standard InChI is InChI=1S/C22H24N4O2/c1-3-26(15-17-10-6-5-7-11-17)22(27)19-14-21(24-16-23-19)25-18-12-8-9-13-20(18)28-4-2/h5-14,16H,3-4,15H2,1-2H3,(H,23,24,25). The fourth-order valence-electron chi connectivity index (χ4n) is 2.82. The van der Waals surface area contributed by atoms with E-state index in [4.69, 9.17) is 4.74 Å². The lowest BCUT2D eigenvalue weighted by molar-refractivity contribution is 0.0746. The second kappa shape index (κ2) is 9.50. The number of anilines is 2. The van der Waals surface area contributed by atoms with Gasteiger partial charge in [0.15, 0.2) is 0 Å². The molecule has 1 aromatic heterocycles.